The highest BCUT2D eigenvalue weighted by Crippen LogP contribution is 2.14. The van der Waals surface area contributed by atoms with Crippen molar-refractivity contribution in [3.05, 3.63) is 57.8 Å². The second kappa shape index (κ2) is 7.10. The lowest BCUT2D eigenvalue weighted by molar-refractivity contribution is 0.134. The average molecular weight is 272 g/mol. The maximum absolute atomic E-state index is 9.99. The molecule has 0 fully saturated rings. The second-order valence-electron chi connectivity index (χ2n) is 4.03. The van der Waals surface area contributed by atoms with E-state index in [-0.39, 0.29) is 0 Å². The fourth-order valence-electron chi connectivity index (χ4n) is 1.59. The standard InChI is InChI=1S/C16H16O2S/c1-2-18-12-13-5-7-14(8-6-13)16(17)10-9-15-4-3-11-19-15/h3-8,11,16-17H,2,12H2,1H3. The molecule has 0 aliphatic carbocycles. The lowest BCUT2D eigenvalue weighted by Gasteiger charge is -2.06. The number of hydrogen-bond acceptors (Lipinski definition) is 3. The summed E-state index contributed by atoms with van der Waals surface area (Å²) in [6.07, 6.45) is -0.747. The van der Waals surface area contributed by atoms with Gasteiger partial charge in [0, 0.05) is 6.61 Å². The Morgan fingerprint density at radius 2 is 2.05 bits per heavy atom. The van der Waals surface area contributed by atoms with Gasteiger partial charge in [0.25, 0.3) is 0 Å². The number of ether oxygens (including phenoxy) is 1. The minimum atomic E-state index is -0.747. The van der Waals surface area contributed by atoms with Gasteiger partial charge in [-0.25, -0.2) is 0 Å². The molecule has 1 heterocycles. The Morgan fingerprint density at radius 3 is 2.68 bits per heavy atom. The van der Waals surface area contributed by atoms with E-state index in [1.54, 1.807) is 11.3 Å². The maximum Gasteiger partial charge on any atom is 0.140 e. The van der Waals surface area contributed by atoms with E-state index in [1.807, 2.05) is 48.7 Å². The van der Waals surface area contributed by atoms with E-state index in [9.17, 15) is 5.11 Å². The van der Waals surface area contributed by atoms with Crippen LogP contribution in [0.2, 0.25) is 0 Å². The summed E-state index contributed by atoms with van der Waals surface area (Å²) in [4.78, 5) is 0.965. The van der Waals surface area contributed by atoms with Crippen molar-refractivity contribution in [2.75, 3.05) is 6.61 Å². The maximum atomic E-state index is 9.99. The van der Waals surface area contributed by atoms with Gasteiger partial charge >= 0.3 is 0 Å². The highest BCUT2D eigenvalue weighted by Gasteiger charge is 2.03. The van der Waals surface area contributed by atoms with Crippen LogP contribution in [0.25, 0.3) is 0 Å². The van der Waals surface area contributed by atoms with Gasteiger partial charge in [-0.1, -0.05) is 42.2 Å². The predicted octanol–water partition coefficient (Wildman–Crippen LogP) is 3.37. The van der Waals surface area contributed by atoms with Gasteiger partial charge in [-0.15, -0.1) is 11.3 Å². The van der Waals surface area contributed by atoms with E-state index in [2.05, 4.69) is 11.8 Å². The number of aliphatic hydroxyl groups excluding tert-OH is 1. The summed E-state index contributed by atoms with van der Waals surface area (Å²) < 4.78 is 5.33. The summed E-state index contributed by atoms with van der Waals surface area (Å²) in [5, 5.41) is 12.0. The zero-order valence-electron chi connectivity index (χ0n) is 10.8. The molecule has 2 aromatic rings. The summed E-state index contributed by atoms with van der Waals surface area (Å²) >= 11 is 1.57. The normalized spacial score (nSPS) is 11.7. The van der Waals surface area contributed by atoms with Gasteiger partial charge in [-0.2, -0.15) is 0 Å². The predicted molar refractivity (Wildman–Crippen MR) is 77.9 cm³/mol. The first-order chi connectivity index (χ1) is 9.29. The van der Waals surface area contributed by atoms with Crippen LogP contribution in [0.15, 0.2) is 41.8 Å². The number of hydrogen-bond donors (Lipinski definition) is 1. The average Bonchev–Trinajstić information content (AvgIpc) is 2.96. The zero-order chi connectivity index (χ0) is 13.5. The lowest BCUT2D eigenvalue weighted by Crippen LogP contribution is -1.96. The van der Waals surface area contributed by atoms with Crippen molar-refractivity contribution in [3.8, 4) is 11.8 Å². The molecule has 3 heteroatoms. The first-order valence-corrected chi connectivity index (χ1v) is 7.07. The third-order valence-corrected chi connectivity index (χ3v) is 3.41. The molecule has 1 aromatic heterocycles. The smallest absolute Gasteiger partial charge is 0.140 e. The van der Waals surface area contributed by atoms with Crippen molar-refractivity contribution in [3.63, 3.8) is 0 Å². The molecule has 0 amide bonds. The van der Waals surface area contributed by atoms with Crippen LogP contribution in [0.4, 0.5) is 0 Å². The molecule has 0 bridgehead atoms. The van der Waals surface area contributed by atoms with E-state index in [0.717, 1.165) is 16.0 Å². The van der Waals surface area contributed by atoms with E-state index < -0.39 is 6.10 Å². The van der Waals surface area contributed by atoms with Crippen molar-refractivity contribution < 1.29 is 9.84 Å². The molecule has 19 heavy (non-hydrogen) atoms. The topological polar surface area (TPSA) is 29.5 Å². The Bertz CT molecular complexity index is 547. The van der Waals surface area contributed by atoms with E-state index >= 15 is 0 Å². The van der Waals surface area contributed by atoms with Crippen molar-refractivity contribution in [2.45, 2.75) is 19.6 Å². The van der Waals surface area contributed by atoms with Crippen LogP contribution < -0.4 is 0 Å². The number of benzene rings is 1. The Kier molecular flexibility index (Phi) is 5.17. The van der Waals surface area contributed by atoms with Crippen molar-refractivity contribution in [2.24, 2.45) is 0 Å². The first-order valence-electron chi connectivity index (χ1n) is 6.19. The molecular formula is C16H16O2S. The largest absolute Gasteiger partial charge is 0.377 e. The Labute approximate surface area is 117 Å². The highest BCUT2D eigenvalue weighted by atomic mass is 32.1. The van der Waals surface area contributed by atoms with Gasteiger partial charge in [0.2, 0.25) is 0 Å². The fourth-order valence-corrected chi connectivity index (χ4v) is 2.17. The molecule has 98 valence electrons. The molecule has 0 spiro atoms. The monoisotopic (exact) mass is 272 g/mol. The molecule has 0 saturated carbocycles. The molecule has 1 aromatic carbocycles. The van der Waals surface area contributed by atoms with Gasteiger partial charge in [0.05, 0.1) is 11.5 Å². The molecule has 0 radical (unpaired) electrons. The van der Waals surface area contributed by atoms with Gasteiger partial charge < -0.3 is 9.84 Å². The van der Waals surface area contributed by atoms with Crippen LogP contribution in [0, 0.1) is 11.8 Å². The Balaban J connectivity index is 2.01. The second-order valence-corrected chi connectivity index (χ2v) is 4.98. The third kappa shape index (κ3) is 4.22. The van der Waals surface area contributed by atoms with E-state index in [4.69, 9.17) is 4.74 Å². The molecule has 1 N–H and O–H groups in total. The number of aliphatic hydroxyl groups is 1. The van der Waals surface area contributed by atoms with Crippen LogP contribution in [-0.4, -0.2) is 11.7 Å². The summed E-state index contributed by atoms with van der Waals surface area (Å²) in [6.45, 7) is 3.28. The number of rotatable bonds is 4. The first kappa shape index (κ1) is 13.8. The summed E-state index contributed by atoms with van der Waals surface area (Å²) in [5.74, 6) is 5.81. The van der Waals surface area contributed by atoms with E-state index in [0.29, 0.717) is 13.2 Å². The molecule has 1 unspecified atom stereocenters. The lowest BCUT2D eigenvalue weighted by atomic mass is 10.1. The summed E-state index contributed by atoms with van der Waals surface area (Å²) in [6, 6.07) is 11.6. The van der Waals surface area contributed by atoms with Gasteiger partial charge in [-0.3, -0.25) is 0 Å². The minimum absolute atomic E-state index is 0.605. The Hall–Kier alpha value is -1.60. The minimum Gasteiger partial charge on any atom is -0.377 e. The van der Waals surface area contributed by atoms with Crippen molar-refractivity contribution in [1.29, 1.82) is 0 Å². The van der Waals surface area contributed by atoms with Gasteiger partial charge in [0.1, 0.15) is 6.10 Å². The molecular weight excluding hydrogens is 256 g/mol. The van der Waals surface area contributed by atoms with Crippen LogP contribution >= 0.6 is 11.3 Å². The van der Waals surface area contributed by atoms with Crippen LogP contribution in [0.3, 0.4) is 0 Å². The quantitative estimate of drug-likeness (QED) is 0.865. The van der Waals surface area contributed by atoms with Gasteiger partial charge in [-0.05, 0) is 29.5 Å². The third-order valence-electron chi connectivity index (χ3n) is 2.62. The van der Waals surface area contributed by atoms with Gasteiger partial charge in [0.15, 0.2) is 0 Å². The Morgan fingerprint density at radius 1 is 1.26 bits per heavy atom. The summed E-state index contributed by atoms with van der Waals surface area (Å²) in [5.41, 5.74) is 1.91. The molecule has 1 atom stereocenters. The molecule has 0 aliphatic rings. The van der Waals surface area contributed by atoms with Crippen molar-refractivity contribution in [1.82, 2.24) is 0 Å². The zero-order valence-corrected chi connectivity index (χ0v) is 11.6. The van der Waals surface area contributed by atoms with Crippen LogP contribution in [0.5, 0.6) is 0 Å². The number of thiophene rings is 1. The molecule has 0 aliphatic heterocycles. The molecule has 0 saturated heterocycles. The molecule has 2 rings (SSSR count). The van der Waals surface area contributed by atoms with Crippen molar-refractivity contribution >= 4 is 11.3 Å². The van der Waals surface area contributed by atoms with Crippen LogP contribution in [-0.2, 0) is 11.3 Å². The fraction of sp³-hybridized carbons (Fsp3) is 0.250. The van der Waals surface area contributed by atoms with E-state index in [1.165, 1.54) is 0 Å². The summed E-state index contributed by atoms with van der Waals surface area (Å²) in [7, 11) is 0. The van der Waals surface area contributed by atoms with Crippen LogP contribution in [0.1, 0.15) is 29.0 Å². The molecule has 2 nitrogen and oxygen atoms in total. The highest BCUT2D eigenvalue weighted by molar-refractivity contribution is 7.10. The SMILES string of the molecule is CCOCc1ccc(C(O)C#Cc2cccs2)cc1.